The summed E-state index contributed by atoms with van der Waals surface area (Å²) in [6, 6.07) is 10.8. The first-order valence-corrected chi connectivity index (χ1v) is 17.7. The van der Waals surface area contributed by atoms with Crippen molar-refractivity contribution < 1.29 is 34.2 Å². The number of nitrogens with zero attached hydrogens (tertiary/aromatic N) is 4. The molecule has 14 heteroatoms. The van der Waals surface area contributed by atoms with E-state index >= 15 is 0 Å². The van der Waals surface area contributed by atoms with Crippen molar-refractivity contribution in [3.63, 3.8) is 0 Å². The van der Waals surface area contributed by atoms with E-state index in [1.54, 1.807) is 43.5 Å². The van der Waals surface area contributed by atoms with Gasteiger partial charge in [-0.2, -0.15) is 10.2 Å². The number of anilines is 1. The number of amides is 4. The third-order valence-corrected chi connectivity index (χ3v) is 13.2. The molecule has 2 aromatic carbocycles. The zero-order valence-electron chi connectivity index (χ0n) is 26.7. The number of fused-ring (bicyclic) bond motifs is 5. The number of carbonyl (C=O) groups excluding carboxylic acids is 4. The van der Waals surface area contributed by atoms with E-state index < -0.39 is 58.6 Å². The number of thiophene rings is 1. The zero-order valence-corrected chi connectivity index (χ0v) is 29.9. The summed E-state index contributed by atoms with van der Waals surface area (Å²) in [7, 11) is 3.11. The van der Waals surface area contributed by atoms with E-state index in [2.05, 4.69) is 15.9 Å². The molecule has 2 N–H and O–H groups in total. The number of rotatable bonds is 4. The average Bonchev–Trinajstić information content (AvgIpc) is 3.73. The quantitative estimate of drug-likeness (QED) is 0.139. The second-order valence-corrected chi connectivity index (χ2v) is 15.8. The molecule has 1 saturated carbocycles. The van der Waals surface area contributed by atoms with Gasteiger partial charge in [-0.05, 0) is 95.4 Å². The molecule has 4 heterocycles. The Morgan fingerprint density at radius 3 is 2.57 bits per heavy atom. The van der Waals surface area contributed by atoms with Gasteiger partial charge in [0.25, 0.3) is 11.8 Å². The summed E-state index contributed by atoms with van der Waals surface area (Å²) in [5.74, 6) is -5.74. The Kier molecular flexibility index (Phi) is 7.21. The molecule has 4 aromatic rings. The van der Waals surface area contributed by atoms with E-state index in [-0.39, 0.29) is 29.4 Å². The maximum atomic E-state index is 14.9. The van der Waals surface area contributed by atoms with Crippen LogP contribution in [0.5, 0.6) is 11.5 Å². The fourth-order valence-corrected chi connectivity index (χ4v) is 10.5. The predicted octanol–water partition coefficient (Wildman–Crippen LogP) is 6.36. The number of hydrogen-bond donors (Lipinski definition) is 2. The fraction of sp³-hybridized carbons (Fsp3) is 0.343. The van der Waals surface area contributed by atoms with Crippen LogP contribution in [0.1, 0.15) is 36.8 Å². The van der Waals surface area contributed by atoms with Crippen LogP contribution in [0.4, 0.5) is 5.82 Å². The number of aromatic hydroxyl groups is 1. The van der Waals surface area contributed by atoms with Crippen LogP contribution >= 0.6 is 38.9 Å². The highest BCUT2D eigenvalue weighted by molar-refractivity contribution is 9.10. The number of phenols is 1. The Morgan fingerprint density at radius 1 is 1.08 bits per heavy atom. The van der Waals surface area contributed by atoms with E-state index in [0.717, 1.165) is 26.1 Å². The minimum atomic E-state index is -1.33. The minimum absolute atomic E-state index is 0.123. The Balaban J connectivity index is 1.28. The van der Waals surface area contributed by atoms with Gasteiger partial charge in [-0.3, -0.25) is 29.1 Å². The second-order valence-electron chi connectivity index (χ2n) is 13.4. The lowest BCUT2D eigenvalue weighted by atomic mass is 9.51. The highest BCUT2D eigenvalue weighted by atomic mass is 79.9. The van der Waals surface area contributed by atoms with E-state index in [9.17, 15) is 29.5 Å². The van der Waals surface area contributed by atoms with Crippen LogP contribution in [0.2, 0.25) is 5.02 Å². The molecule has 4 amide bonds. The van der Waals surface area contributed by atoms with Crippen molar-refractivity contribution in [1.29, 1.82) is 0 Å². The number of hydroxylamine groups is 2. The monoisotopic (exact) mass is 764 g/mol. The van der Waals surface area contributed by atoms with E-state index in [0.29, 0.717) is 26.6 Å². The van der Waals surface area contributed by atoms with Crippen LogP contribution in [0, 0.1) is 36.0 Å². The van der Waals surface area contributed by atoms with Gasteiger partial charge in [0.2, 0.25) is 11.8 Å². The summed E-state index contributed by atoms with van der Waals surface area (Å²) in [5, 5.41) is 27.6. The van der Waals surface area contributed by atoms with E-state index in [1.165, 1.54) is 16.7 Å². The molecule has 6 unspecified atom stereocenters. The molecular weight excluding hydrogens is 736 g/mol. The first kappa shape index (κ1) is 32.2. The number of allylic oxidation sites excluding steroid dienone is 2. The number of halogens is 2. The second kappa shape index (κ2) is 11.0. The Morgan fingerprint density at radius 2 is 1.84 bits per heavy atom. The normalized spacial score (nSPS) is 27.9. The summed E-state index contributed by atoms with van der Waals surface area (Å²) in [4.78, 5) is 57.9. The summed E-state index contributed by atoms with van der Waals surface area (Å²) < 4.78 is 8.36. The number of hydrogen-bond acceptors (Lipinski definition) is 9. The third kappa shape index (κ3) is 4.31. The van der Waals surface area contributed by atoms with Crippen molar-refractivity contribution in [2.75, 3.05) is 12.0 Å². The van der Waals surface area contributed by atoms with Crippen LogP contribution < -0.4 is 9.64 Å². The molecule has 2 aromatic heterocycles. The SMILES string of the molecule is COc1cc(C2C3=CCC4C(=O)N(O)C(=O)C4C3CC3C(=O)N(c4cc(-c5sc6ccc(Cl)cc6c5C)nn4C)C(=O)C32C)cc(Br)c1O. The van der Waals surface area contributed by atoms with Crippen molar-refractivity contribution in [3.8, 4) is 22.1 Å². The van der Waals surface area contributed by atoms with Gasteiger partial charge in [-0.15, -0.1) is 11.3 Å². The molecule has 252 valence electrons. The van der Waals surface area contributed by atoms with E-state index in [1.807, 2.05) is 31.2 Å². The molecule has 2 aliphatic heterocycles. The molecule has 2 aliphatic carbocycles. The maximum Gasteiger partial charge on any atom is 0.257 e. The molecule has 4 aliphatic rings. The molecule has 3 fully saturated rings. The molecule has 6 atom stereocenters. The summed E-state index contributed by atoms with van der Waals surface area (Å²) in [6.45, 7) is 3.76. The van der Waals surface area contributed by atoms with E-state index in [4.69, 9.17) is 21.4 Å². The van der Waals surface area contributed by atoms with Crippen LogP contribution in [-0.4, -0.2) is 55.9 Å². The van der Waals surface area contributed by atoms with Crippen LogP contribution in [0.3, 0.4) is 0 Å². The van der Waals surface area contributed by atoms with Crippen molar-refractivity contribution >= 4 is 78.4 Å². The first-order valence-electron chi connectivity index (χ1n) is 15.7. The van der Waals surface area contributed by atoms with Gasteiger partial charge in [0, 0.05) is 28.8 Å². The van der Waals surface area contributed by atoms with Gasteiger partial charge in [-0.1, -0.05) is 23.3 Å². The number of imide groups is 2. The molecule has 8 rings (SSSR count). The summed E-state index contributed by atoms with van der Waals surface area (Å²) in [6.07, 6.45) is 2.21. The van der Waals surface area contributed by atoms with Crippen molar-refractivity contribution in [3.05, 3.63) is 68.7 Å². The molecule has 0 bridgehead atoms. The molecule has 2 saturated heterocycles. The zero-order chi connectivity index (χ0) is 34.8. The lowest BCUT2D eigenvalue weighted by Crippen LogP contribution is -2.48. The topological polar surface area (TPSA) is 142 Å². The van der Waals surface area contributed by atoms with Crippen LogP contribution in [0.25, 0.3) is 20.7 Å². The highest BCUT2D eigenvalue weighted by Gasteiger charge is 2.68. The standard InChI is InChI=1S/C35H30BrClN4O7S/c1-14-19-11-16(37)5-8-25(19)49-30(14)23-13-26(39(3)38-23)40-32(44)21-12-20-17(6-7-18-27(20)33(45)41(47)31(18)43)28(35(21,2)34(40)46)15-9-22(36)29(42)24(10-15)48-4/h5-6,8-11,13,18,20-21,27-28,42,47H,7,12H2,1-4H3. The van der Waals surface area contributed by atoms with Gasteiger partial charge < -0.3 is 9.84 Å². The lowest BCUT2D eigenvalue weighted by Gasteiger charge is -2.49. The largest absolute Gasteiger partial charge is 0.503 e. The molecule has 49 heavy (non-hydrogen) atoms. The van der Waals surface area contributed by atoms with Crippen molar-refractivity contribution in [1.82, 2.24) is 14.8 Å². The smallest absolute Gasteiger partial charge is 0.257 e. The molecule has 11 nitrogen and oxygen atoms in total. The third-order valence-electron chi connectivity index (χ3n) is 11.1. The Hall–Kier alpha value is -4.04. The summed E-state index contributed by atoms with van der Waals surface area (Å²) in [5.41, 5.74) is 1.60. The van der Waals surface area contributed by atoms with Crippen LogP contribution in [0.15, 0.2) is 52.5 Å². The van der Waals surface area contributed by atoms with Crippen LogP contribution in [-0.2, 0) is 26.2 Å². The average molecular weight is 766 g/mol. The lowest BCUT2D eigenvalue weighted by molar-refractivity contribution is -0.173. The van der Waals surface area contributed by atoms with Crippen molar-refractivity contribution in [2.45, 2.75) is 32.6 Å². The van der Waals surface area contributed by atoms with Crippen molar-refractivity contribution in [2.24, 2.45) is 36.1 Å². The number of aromatic nitrogens is 2. The van der Waals surface area contributed by atoms with Gasteiger partial charge in [0.1, 0.15) is 11.5 Å². The number of carbonyl (C=O) groups is 4. The molecular formula is C35H30BrClN4O7S. The highest BCUT2D eigenvalue weighted by Crippen LogP contribution is 2.64. The number of methoxy groups -OCH3 is 1. The molecule has 0 spiro atoms. The maximum absolute atomic E-state index is 14.9. The van der Waals surface area contributed by atoms with Gasteiger partial charge in [0.15, 0.2) is 11.5 Å². The predicted molar refractivity (Wildman–Crippen MR) is 184 cm³/mol. The number of benzene rings is 2. The number of aryl methyl sites for hydroxylation is 2. The number of phenolic OH excluding ortho intramolecular Hbond substituents is 1. The minimum Gasteiger partial charge on any atom is -0.503 e. The van der Waals surface area contributed by atoms with Gasteiger partial charge in [0.05, 0.1) is 39.6 Å². The fourth-order valence-electron chi connectivity index (χ4n) is 8.73. The summed E-state index contributed by atoms with van der Waals surface area (Å²) >= 11 is 11.2. The first-order chi connectivity index (χ1) is 23.3. The Labute approximate surface area is 297 Å². The Bertz CT molecular complexity index is 2210. The van der Waals surface area contributed by atoms with Gasteiger partial charge >= 0.3 is 0 Å². The number of ether oxygens (including phenoxy) is 1. The van der Waals surface area contributed by atoms with Gasteiger partial charge in [-0.25, -0.2) is 4.90 Å². The molecule has 0 radical (unpaired) electrons.